The number of ether oxygens (including phenoxy) is 1. The number of aryl methyl sites for hydroxylation is 1. The maximum atomic E-state index is 14.4. The van der Waals surface area contributed by atoms with Crippen molar-refractivity contribution in [3.63, 3.8) is 0 Å². The molecule has 178 valence electrons. The maximum Gasteiger partial charge on any atom is 0.289 e. The second kappa shape index (κ2) is 8.42. The fraction of sp³-hybridized carbons (Fsp3) is 0.385. The van der Waals surface area contributed by atoms with Crippen molar-refractivity contribution in [2.45, 2.75) is 26.2 Å². The van der Waals surface area contributed by atoms with Gasteiger partial charge in [0.25, 0.3) is 11.8 Å². The molecule has 8 heteroatoms. The Morgan fingerprint density at radius 3 is 2.41 bits per heavy atom. The predicted molar refractivity (Wildman–Crippen MR) is 122 cm³/mol. The molecule has 34 heavy (non-hydrogen) atoms. The minimum Gasteiger partial charge on any atom is -0.493 e. The quantitative estimate of drug-likeness (QED) is 0.554. The number of benzene rings is 2. The molecule has 0 aliphatic carbocycles. The number of hydrogen-bond donors (Lipinski definition) is 0. The summed E-state index contributed by atoms with van der Waals surface area (Å²) in [6.07, 6.45) is 2.16. The van der Waals surface area contributed by atoms with Crippen LogP contribution in [-0.2, 0) is 0 Å². The number of halogens is 2. The van der Waals surface area contributed by atoms with Crippen LogP contribution in [0.3, 0.4) is 0 Å². The zero-order valence-corrected chi connectivity index (χ0v) is 19.2. The van der Waals surface area contributed by atoms with E-state index in [0.29, 0.717) is 50.4 Å². The van der Waals surface area contributed by atoms with Crippen molar-refractivity contribution in [2.24, 2.45) is 5.41 Å². The van der Waals surface area contributed by atoms with E-state index in [0.717, 1.165) is 17.9 Å². The van der Waals surface area contributed by atoms with Gasteiger partial charge in [-0.1, -0.05) is 18.2 Å². The third-order valence-corrected chi connectivity index (χ3v) is 7.27. The Kier molecular flexibility index (Phi) is 5.54. The van der Waals surface area contributed by atoms with Crippen molar-refractivity contribution in [3.8, 4) is 5.75 Å². The number of carbonyl (C=O) groups is 2. The fourth-order valence-corrected chi connectivity index (χ4v) is 5.17. The Morgan fingerprint density at radius 1 is 1.00 bits per heavy atom. The van der Waals surface area contributed by atoms with E-state index in [4.69, 9.17) is 9.15 Å². The van der Waals surface area contributed by atoms with Crippen LogP contribution in [0, 0.1) is 24.0 Å². The molecule has 1 aromatic heterocycles. The van der Waals surface area contributed by atoms with Crippen molar-refractivity contribution in [3.05, 3.63) is 64.9 Å². The van der Waals surface area contributed by atoms with Crippen LogP contribution in [0.25, 0.3) is 11.0 Å². The molecule has 2 aliphatic rings. The van der Waals surface area contributed by atoms with Crippen molar-refractivity contribution in [1.29, 1.82) is 0 Å². The smallest absolute Gasteiger partial charge is 0.289 e. The third-order valence-electron chi connectivity index (χ3n) is 7.27. The SMILES string of the molecule is COc1cccc2cc(C(=O)N3CCC4(CCN(C(=O)c5c(F)ccc(C)c5F)CC4)C3)oc12. The van der Waals surface area contributed by atoms with E-state index >= 15 is 0 Å². The Balaban J connectivity index is 1.26. The van der Waals surface area contributed by atoms with Gasteiger partial charge >= 0.3 is 0 Å². The second-order valence-corrected chi connectivity index (χ2v) is 9.31. The van der Waals surface area contributed by atoms with E-state index in [1.54, 1.807) is 24.1 Å². The van der Waals surface area contributed by atoms with Crippen molar-refractivity contribution in [1.82, 2.24) is 9.80 Å². The van der Waals surface area contributed by atoms with Crippen LogP contribution in [0.5, 0.6) is 5.75 Å². The largest absolute Gasteiger partial charge is 0.493 e. The van der Waals surface area contributed by atoms with Gasteiger partial charge in [0.1, 0.15) is 17.2 Å². The predicted octanol–water partition coefficient (Wildman–Crippen LogP) is 4.80. The van der Waals surface area contributed by atoms with Crippen LogP contribution >= 0.6 is 0 Å². The highest BCUT2D eigenvalue weighted by Gasteiger charge is 2.44. The number of methoxy groups -OCH3 is 1. The molecule has 2 saturated heterocycles. The number of nitrogens with zero attached hydrogens (tertiary/aromatic N) is 2. The molecule has 0 N–H and O–H groups in total. The van der Waals surface area contributed by atoms with Gasteiger partial charge in [0.2, 0.25) is 0 Å². The van der Waals surface area contributed by atoms with E-state index in [-0.39, 0.29) is 22.6 Å². The molecule has 2 amide bonds. The summed E-state index contributed by atoms with van der Waals surface area (Å²) in [6.45, 7) is 3.47. The summed E-state index contributed by atoms with van der Waals surface area (Å²) in [5.74, 6) is -1.57. The normalized spacial score (nSPS) is 17.5. The Morgan fingerprint density at radius 2 is 1.71 bits per heavy atom. The summed E-state index contributed by atoms with van der Waals surface area (Å²) < 4.78 is 39.8. The molecule has 0 unspecified atom stereocenters. The monoisotopic (exact) mass is 468 g/mol. The van der Waals surface area contributed by atoms with Gasteiger partial charge in [0.05, 0.1) is 7.11 Å². The molecule has 0 radical (unpaired) electrons. The fourth-order valence-electron chi connectivity index (χ4n) is 5.17. The lowest BCUT2D eigenvalue weighted by molar-refractivity contribution is 0.0552. The van der Waals surface area contributed by atoms with Crippen LogP contribution in [0.4, 0.5) is 8.78 Å². The second-order valence-electron chi connectivity index (χ2n) is 9.31. The lowest BCUT2D eigenvalue weighted by Crippen LogP contribution is -2.45. The Bertz CT molecular complexity index is 1280. The van der Waals surface area contributed by atoms with Crippen LogP contribution in [-0.4, -0.2) is 54.9 Å². The molecule has 5 rings (SSSR count). The van der Waals surface area contributed by atoms with Gasteiger partial charge in [-0.15, -0.1) is 0 Å². The molecule has 0 saturated carbocycles. The number of rotatable bonds is 3. The molecule has 0 bridgehead atoms. The number of furan rings is 1. The number of amides is 2. The van der Waals surface area contributed by atoms with Crippen molar-refractivity contribution in [2.75, 3.05) is 33.3 Å². The van der Waals surface area contributed by atoms with Gasteiger partial charge in [-0.2, -0.15) is 0 Å². The van der Waals surface area contributed by atoms with E-state index in [1.807, 2.05) is 12.1 Å². The summed E-state index contributed by atoms with van der Waals surface area (Å²) >= 11 is 0. The van der Waals surface area contributed by atoms with Gasteiger partial charge in [0.15, 0.2) is 17.1 Å². The molecule has 3 aromatic rings. The minimum absolute atomic E-state index is 0.111. The topological polar surface area (TPSA) is 63.0 Å². The van der Waals surface area contributed by atoms with E-state index in [9.17, 15) is 18.4 Å². The molecule has 0 atom stereocenters. The number of para-hydroxylation sites is 1. The summed E-state index contributed by atoms with van der Waals surface area (Å²) in [5, 5.41) is 0.805. The summed E-state index contributed by atoms with van der Waals surface area (Å²) in [6, 6.07) is 9.70. The van der Waals surface area contributed by atoms with Crippen molar-refractivity contribution < 1.29 is 27.5 Å². The Labute approximate surface area is 196 Å². The van der Waals surface area contributed by atoms with E-state index in [2.05, 4.69) is 0 Å². The molecular formula is C26H26F2N2O4. The van der Waals surface area contributed by atoms with Crippen LogP contribution in [0.1, 0.15) is 45.7 Å². The molecule has 2 fully saturated rings. The number of hydrogen-bond acceptors (Lipinski definition) is 4. The lowest BCUT2D eigenvalue weighted by Gasteiger charge is -2.39. The first-order valence-corrected chi connectivity index (χ1v) is 11.4. The maximum absolute atomic E-state index is 14.4. The van der Waals surface area contributed by atoms with Gasteiger partial charge < -0.3 is 19.0 Å². The molecular weight excluding hydrogens is 442 g/mol. The number of carbonyl (C=O) groups excluding carboxylic acids is 2. The third kappa shape index (κ3) is 3.71. The molecule has 2 aliphatic heterocycles. The summed E-state index contributed by atoms with van der Waals surface area (Å²) in [7, 11) is 1.56. The van der Waals surface area contributed by atoms with Crippen LogP contribution < -0.4 is 4.74 Å². The first kappa shape index (κ1) is 22.4. The summed E-state index contributed by atoms with van der Waals surface area (Å²) in [5.41, 5.74) is 0.190. The molecule has 6 nitrogen and oxygen atoms in total. The summed E-state index contributed by atoms with van der Waals surface area (Å²) in [4.78, 5) is 29.3. The first-order valence-electron chi connectivity index (χ1n) is 11.4. The van der Waals surface area contributed by atoms with Crippen LogP contribution in [0.2, 0.25) is 0 Å². The average molecular weight is 469 g/mol. The van der Waals surface area contributed by atoms with Gasteiger partial charge in [-0.05, 0) is 55.4 Å². The van der Waals surface area contributed by atoms with Crippen LogP contribution in [0.15, 0.2) is 40.8 Å². The highest BCUT2D eigenvalue weighted by atomic mass is 19.1. The average Bonchev–Trinajstić information content (AvgIpc) is 3.46. The lowest BCUT2D eigenvalue weighted by atomic mass is 9.77. The molecule has 1 spiro atoms. The highest BCUT2D eigenvalue weighted by molar-refractivity contribution is 5.97. The number of fused-ring (bicyclic) bond motifs is 1. The molecule has 3 heterocycles. The highest BCUT2D eigenvalue weighted by Crippen LogP contribution is 2.41. The molecule has 2 aromatic carbocycles. The van der Waals surface area contributed by atoms with Crippen molar-refractivity contribution >= 4 is 22.8 Å². The Hall–Kier alpha value is -3.42. The van der Waals surface area contributed by atoms with Gasteiger partial charge in [0, 0.05) is 31.6 Å². The van der Waals surface area contributed by atoms with E-state index < -0.39 is 23.1 Å². The standard InChI is InChI=1S/C26H26F2N2O4/c1-16-6-7-18(27)21(22(16)28)25(32)29-11-8-26(9-12-29)10-13-30(15-26)24(31)20-14-17-4-3-5-19(33-2)23(17)34-20/h3-7,14H,8-13,15H2,1-2H3. The zero-order valence-electron chi connectivity index (χ0n) is 19.2. The van der Waals surface area contributed by atoms with Gasteiger partial charge in [-0.25, -0.2) is 8.78 Å². The number of piperidine rings is 1. The minimum atomic E-state index is -0.839. The first-order chi connectivity index (χ1) is 16.3. The van der Waals surface area contributed by atoms with Gasteiger partial charge in [-0.3, -0.25) is 9.59 Å². The zero-order chi connectivity index (χ0) is 24.0. The van der Waals surface area contributed by atoms with E-state index in [1.165, 1.54) is 17.9 Å². The number of likely N-dealkylation sites (tertiary alicyclic amines) is 2.